The smallest absolute Gasteiger partial charge is 0.331 e. The number of hydrogen-bond acceptors (Lipinski definition) is 8. The van der Waals surface area contributed by atoms with Crippen LogP contribution in [0.15, 0.2) is 36.0 Å². The molecule has 0 radical (unpaired) electrons. The highest BCUT2D eigenvalue weighted by Crippen LogP contribution is 2.70. The molecular weight excluding hydrogens is 540 g/mol. The van der Waals surface area contributed by atoms with E-state index < -0.39 is 53.5 Å². The third kappa shape index (κ3) is 5.53. The number of ether oxygens (including phenoxy) is 4. The average Bonchev–Trinajstić information content (AvgIpc) is 3.44. The third-order valence-electron chi connectivity index (χ3n) is 10.6. The number of rotatable bonds is 11. The van der Waals surface area contributed by atoms with Gasteiger partial charge in [0.15, 0.2) is 12.4 Å². The summed E-state index contributed by atoms with van der Waals surface area (Å²) in [6.45, 7) is 9.82. The number of carboxylic acids is 1. The summed E-state index contributed by atoms with van der Waals surface area (Å²) < 4.78 is 23.6. The van der Waals surface area contributed by atoms with Gasteiger partial charge in [-0.25, -0.2) is 4.79 Å². The third-order valence-corrected chi connectivity index (χ3v) is 10.6. The number of hydrogen-bond donors (Lipinski definition) is 2. The topological polar surface area (TPSA) is 129 Å². The van der Waals surface area contributed by atoms with Crippen LogP contribution in [0.4, 0.5) is 0 Å². The Kier molecular flexibility index (Phi) is 10.2. The fourth-order valence-electron chi connectivity index (χ4n) is 8.61. The van der Waals surface area contributed by atoms with E-state index in [4.69, 9.17) is 18.9 Å². The van der Waals surface area contributed by atoms with Gasteiger partial charge in [-0.1, -0.05) is 57.1 Å². The molecule has 0 aromatic carbocycles. The fourth-order valence-corrected chi connectivity index (χ4v) is 8.61. The number of allylic oxidation sites excluding steroid dienone is 4. The van der Waals surface area contributed by atoms with Gasteiger partial charge in [0.2, 0.25) is 0 Å². The first kappa shape index (κ1) is 32.6. The first-order valence-corrected chi connectivity index (χ1v) is 15.3. The molecule has 4 aliphatic rings. The van der Waals surface area contributed by atoms with Crippen LogP contribution in [0, 0.1) is 40.4 Å². The van der Waals surface area contributed by atoms with Crippen LogP contribution in [0.2, 0.25) is 0 Å². The molecule has 11 unspecified atom stereocenters. The Hall–Kier alpha value is -2.33. The maximum Gasteiger partial charge on any atom is 0.331 e. The van der Waals surface area contributed by atoms with Crippen molar-refractivity contribution in [2.45, 2.75) is 97.4 Å². The fraction of sp³-hybridized carbons (Fsp3) is 0.727. The van der Waals surface area contributed by atoms with Gasteiger partial charge in [0, 0.05) is 25.0 Å². The molecule has 0 spiro atoms. The Balaban J connectivity index is 1.68. The highest BCUT2D eigenvalue weighted by Gasteiger charge is 2.70. The number of fused-ring (bicyclic) bond motifs is 2. The molecule has 9 nitrogen and oxygen atoms in total. The predicted octanol–water partition coefficient (Wildman–Crippen LogP) is 4.48. The van der Waals surface area contributed by atoms with E-state index in [1.807, 2.05) is 26.8 Å². The lowest BCUT2D eigenvalue weighted by molar-refractivity contribution is -0.308. The van der Waals surface area contributed by atoms with Crippen molar-refractivity contribution in [1.29, 1.82) is 0 Å². The van der Waals surface area contributed by atoms with Crippen molar-refractivity contribution < 1.29 is 43.5 Å². The molecule has 3 aliphatic carbocycles. The number of methoxy groups -OCH3 is 1. The number of carbonyl (C=O) groups is 3. The van der Waals surface area contributed by atoms with Gasteiger partial charge < -0.3 is 34.0 Å². The molecule has 234 valence electrons. The molecule has 4 rings (SSSR count). The Morgan fingerprint density at radius 3 is 2.52 bits per heavy atom. The number of aliphatic hydroxyl groups excluding tert-OH is 1. The molecule has 1 heterocycles. The van der Waals surface area contributed by atoms with Crippen molar-refractivity contribution in [3.8, 4) is 0 Å². The van der Waals surface area contributed by atoms with Crippen molar-refractivity contribution in [1.82, 2.24) is 0 Å². The second-order valence-corrected chi connectivity index (χ2v) is 13.0. The van der Waals surface area contributed by atoms with E-state index in [2.05, 4.69) is 6.92 Å². The number of aliphatic carboxylic acids is 1. The van der Waals surface area contributed by atoms with Crippen LogP contribution in [0.1, 0.15) is 66.7 Å². The van der Waals surface area contributed by atoms with E-state index >= 15 is 0 Å². The Morgan fingerprint density at radius 2 is 1.90 bits per heavy atom. The SMILES string of the molecule is CC=CC=CC(=O)OC1C(O)C(OCC23CC4C(C)CCC4CC2(C(=O)O)C(C(C)C)=CC3CC=O)OC(C)C1OC. The van der Waals surface area contributed by atoms with Crippen molar-refractivity contribution in [2.75, 3.05) is 13.7 Å². The largest absolute Gasteiger partial charge is 0.481 e. The Labute approximate surface area is 249 Å². The van der Waals surface area contributed by atoms with Crippen LogP contribution in [0.25, 0.3) is 0 Å². The molecule has 3 fully saturated rings. The molecule has 0 bridgehead atoms. The molecule has 1 aliphatic heterocycles. The Morgan fingerprint density at radius 1 is 1.17 bits per heavy atom. The average molecular weight is 589 g/mol. The second-order valence-electron chi connectivity index (χ2n) is 13.0. The quantitative estimate of drug-likeness (QED) is 0.118. The summed E-state index contributed by atoms with van der Waals surface area (Å²) in [7, 11) is 1.46. The molecule has 0 aromatic heterocycles. The molecule has 0 amide bonds. The van der Waals surface area contributed by atoms with Gasteiger partial charge in [-0.05, 0) is 62.7 Å². The molecule has 11 atom stereocenters. The summed E-state index contributed by atoms with van der Waals surface area (Å²) in [5.41, 5.74) is -1.23. The highest BCUT2D eigenvalue weighted by molar-refractivity contribution is 5.83. The van der Waals surface area contributed by atoms with Gasteiger partial charge in [-0.3, -0.25) is 4.79 Å². The van der Waals surface area contributed by atoms with Crippen molar-refractivity contribution in [3.05, 3.63) is 36.0 Å². The molecule has 2 N–H and O–H groups in total. The van der Waals surface area contributed by atoms with Crippen LogP contribution in [0.3, 0.4) is 0 Å². The van der Waals surface area contributed by atoms with Crippen molar-refractivity contribution in [3.63, 3.8) is 0 Å². The number of aldehydes is 1. The maximum atomic E-state index is 13.5. The summed E-state index contributed by atoms with van der Waals surface area (Å²) in [6.07, 6.45) is 7.56. The lowest BCUT2D eigenvalue weighted by Gasteiger charge is -2.56. The van der Waals surface area contributed by atoms with Gasteiger partial charge in [0.1, 0.15) is 18.5 Å². The van der Waals surface area contributed by atoms with Crippen LogP contribution in [0.5, 0.6) is 0 Å². The molecule has 42 heavy (non-hydrogen) atoms. The number of carbonyl (C=O) groups excluding carboxylic acids is 2. The van der Waals surface area contributed by atoms with Crippen molar-refractivity contribution in [2.24, 2.45) is 40.4 Å². The van der Waals surface area contributed by atoms with Crippen LogP contribution >= 0.6 is 0 Å². The summed E-state index contributed by atoms with van der Waals surface area (Å²) >= 11 is 0. The lowest BCUT2D eigenvalue weighted by atomic mass is 9.47. The van der Waals surface area contributed by atoms with Gasteiger partial charge in [0.25, 0.3) is 0 Å². The summed E-state index contributed by atoms with van der Waals surface area (Å²) in [5.74, 6) is -0.816. The molecular formula is C33H48O9. The number of carboxylic acid groups (broad SMARTS) is 1. The number of aliphatic hydroxyl groups is 1. The normalized spacial score (nSPS) is 41.6. The van der Waals surface area contributed by atoms with Crippen LogP contribution in [-0.2, 0) is 33.3 Å². The summed E-state index contributed by atoms with van der Waals surface area (Å²) in [4.78, 5) is 38.0. The molecule has 2 saturated carbocycles. The van der Waals surface area contributed by atoms with E-state index in [1.54, 1.807) is 25.2 Å². The second kappa shape index (κ2) is 13.1. The van der Waals surface area contributed by atoms with Gasteiger partial charge in [0.05, 0.1) is 18.1 Å². The van der Waals surface area contributed by atoms with E-state index in [0.717, 1.165) is 24.7 Å². The predicted molar refractivity (Wildman–Crippen MR) is 155 cm³/mol. The minimum absolute atomic E-state index is 0.0194. The minimum atomic E-state index is -1.38. The molecule has 9 heteroatoms. The monoisotopic (exact) mass is 588 g/mol. The van der Waals surface area contributed by atoms with Crippen LogP contribution in [-0.4, -0.2) is 72.9 Å². The first-order chi connectivity index (χ1) is 20.0. The van der Waals surface area contributed by atoms with Gasteiger partial charge in [-0.15, -0.1) is 0 Å². The van der Waals surface area contributed by atoms with E-state index in [0.29, 0.717) is 30.6 Å². The standard InChI is InChI=1S/C33H48O9/c1-7-8-9-10-26(35)42-29-27(36)30(41-21(5)28(29)39-6)40-18-32-17-24-20(4)11-12-22(24)16-33(32,31(37)38)25(19(2)3)15-23(32)13-14-34/h7-10,14-15,19-24,27-30,36H,11-13,16-18H2,1-6H3,(H,37,38). The van der Waals surface area contributed by atoms with E-state index in [1.165, 1.54) is 13.2 Å². The maximum absolute atomic E-state index is 13.5. The highest BCUT2D eigenvalue weighted by atomic mass is 16.7. The first-order valence-electron chi connectivity index (χ1n) is 15.3. The van der Waals surface area contributed by atoms with E-state index in [-0.39, 0.29) is 24.9 Å². The summed E-state index contributed by atoms with van der Waals surface area (Å²) in [6, 6.07) is 0. The zero-order valence-corrected chi connectivity index (χ0v) is 25.7. The van der Waals surface area contributed by atoms with Gasteiger partial charge >= 0.3 is 11.9 Å². The van der Waals surface area contributed by atoms with Crippen molar-refractivity contribution >= 4 is 18.2 Å². The van der Waals surface area contributed by atoms with E-state index in [9.17, 15) is 24.6 Å². The zero-order chi connectivity index (χ0) is 30.8. The summed E-state index contributed by atoms with van der Waals surface area (Å²) in [5, 5.41) is 22.4. The lowest BCUT2D eigenvalue weighted by Crippen LogP contribution is -2.61. The number of esters is 1. The van der Waals surface area contributed by atoms with Crippen LogP contribution < -0.4 is 0 Å². The molecule has 1 saturated heterocycles. The molecule has 0 aromatic rings. The zero-order valence-electron chi connectivity index (χ0n) is 25.7. The Bertz CT molecular complexity index is 1100. The van der Waals surface area contributed by atoms with Gasteiger partial charge in [-0.2, -0.15) is 0 Å². The minimum Gasteiger partial charge on any atom is -0.481 e.